The Labute approximate surface area is 156 Å². The number of amides is 2. The summed E-state index contributed by atoms with van der Waals surface area (Å²) < 4.78 is 11.5. The molecule has 3 heterocycles. The lowest BCUT2D eigenvalue weighted by Gasteiger charge is -2.27. The van der Waals surface area contributed by atoms with Crippen LogP contribution in [0.2, 0.25) is 0 Å². The van der Waals surface area contributed by atoms with Crippen molar-refractivity contribution in [3.8, 4) is 5.75 Å². The lowest BCUT2D eigenvalue weighted by Crippen LogP contribution is -2.43. The van der Waals surface area contributed by atoms with Crippen LogP contribution in [0.5, 0.6) is 5.75 Å². The highest BCUT2D eigenvalue weighted by Gasteiger charge is 2.72. The summed E-state index contributed by atoms with van der Waals surface area (Å²) >= 11 is 0. The molecule has 0 spiro atoms. The Morgan fingerprint density at radius 3 is 2.59 bits per heavy atom. The van der Waals surface area contributed by atoms with E-state index in [0.717, 1.165) is 4.90 Å². The first-order valence-electron chi connectivity index (χ1n) is 8.95. The highest BCUT2D eigenvalue weighted by molar-refractivity contribution is 6.24. The van der Waals surface area contributed by atoms with Crippen LogP contribution in [0, 0.1) is 11.8 Å². The van der Waals surface area contributed by atoms with Gasteiger partial charge in [-0.15, -0.1) is 0 Å². The summed E-state index contributed by atoms with van der Waals surface area (Å²) in [5, 5.41) is 9.89. The SMILES string of the molecule is CCOc1ccc(C(C)=O)cc1N1C(=O)[C@@H]2[C@H](C1=O)[C@@]1(CO)C=C[C@@]2(C)O1. The number of rotatable bonds is 5. The number of ether oxygens (including phenoxy) is 2. The van der Waals surface area contributed by atoms with Gasteiger partial charge in [0, 0.05) is 5.56 Å². The minimum absolute atomic E-state index is 0.178. The number of hydrogen-bond acceptors (Lipinski definition) is 6. The molecule has 1 aromatic carbocycles. The maximum absolute atomic E-state index is 13.3. The molecule has 1 N–H and O–H groups in total. The lowest BCUT2D eigenvalue weighted by molar-refractivity contribution is -0.131. The van der Waals surface area contributed by atoms with E-state index in [1.165, 1.54) is 13.0 Å². The highest BCUT2D eigenvalue weighted by Crippen LogP contribution is 2.58. The van der Waals surface area contributed by atoms with E-state index in [4.69, 9.17) is 9.47 Å². The van der Waals surface area contributed by atoms with Gasteiger partial charge in [0.15, 0.2) is 5.78 Å². The predicted octanol–water partition coefficient (Wildman–Crippen LogP) is 1.48. The van der Waals surface area contributed by atoms with Crippen LogP contribution in [0.3, 0.4) is 0 Å². The summed E-state index contributed by atoms with van der Waals surface area (Å²) in [7, 11) is 0. The Morgan fingerprint density at radius 1 is 1.26 bits per heavy atom. The maximum Gasteiger partial charge on any atom is 0.241 e. The Hall–Kier alpha value is -2.51. The molecule has 2 bridgehead atoms. The molecule has 2 saturated heterocycles. The first-order chi connectivity index (χ1) is 12.8. The number of carbonyl (C=O) groups excluding carboxylic acids is 3. The first kappa shape index (κ1) is 17.9. The van der Waals surface area contributed by atoms with E-state index in [0.29, 0.717) is 17.9 Å². The molecular formula is C20H21NO6. The van der Waals surface area contributed by atoms with Crippen LogP contribution in [0.4, 0.5) is 5.69 Å². The molecule has 7 heteroatoms. The minimum Gasteiger partial charge on any atom is -0.492 e. The van der Waals surface area contributed by atoms with Crippen molar-refractivity contribution in [3.63, 3.8) is 0 Å². The molecule has 0 saturated carbocycles. The van der Waals surface area contributed by atoms with Gasteiger partial charge in [-0.3, -0.25) is 14.4 Å². The standard InChI is InChI=1S/C20H21NO6/c1-4-26-14-6-5-12(11(2)23)9-13(14)21-17(24)15-16(18(21)25)20(10-22)8-7-19(15,3)27-20/h5-9,15-16,22H,4,10H2,1-3H3/t15-,16+,19+,20-/m0/s1. The van der Waals surface area contributed by atoms with Crippen molar-refractivity contribution in [2.75, 3.05) is 18.1 Å². The van der Waals surface area contributed by atoms with E-state index >= 15 is 0 Å². The number of hydrogen-bond donors (Lipinski definition) is 1. The third-order valence-corrected chi connectivity index (χ3v) is 5.71. The molecule has 0 aliphatic carbocycles. The van der Waals surface area contributed by atoms with Gasteiger partial charge in [0.25, 0.3) is 0 Å². The van der Waals surface area contributed by atoms with Gasteiger partial charge in [0.1, 0.15) is 11.4 Å². The normalized spacial score (nSPS) is 33.7. The largest absolute Gasteiger partial charge is 0.492 e. The van der Waals surface area contributed by atoms with E-state index in [-0.39, 0.29) is 18.1 Å². The molecule has 7 nitrogen and oxygen atoms in total. The fraction of sp³-hybridized carbons (Fsp3) is 0.450. The number of ketones is 1. The number of carbonyl (C=O) groups is 3. The first-order valence-corrected chi connectivity index (χ1v) is 8.95. The molecule has 0 unspecified atom stereocenters. The van der Waals surface area contributed by atoms with E-state index in [2.05, 4.69) is 0 Å². The van der Waals surface area contributed by atoms with Crippen LogP contribution >= 0.6 is 0 Å². The van der Waals surface area contributed by atoms with Gasteiger partial charge in [-0.1, -0.05) is 12.2 Å². The molecule has 142 valence electrons. The zero-order chi connectivity index (χ0) is 19.6. The third kappa shape index (κ3) is 2.25. The lowest BCUT2D eigenvalue weighted by atomic mass is 9.73. The number of benzene rings is 1. The summed E-state index contributed by atoms with van der Waals surface area (Å²) in [5.41, 5.74) is -1.50. The minimum atomic E-state index is -1.19. The monoisotopic (exact) mass is 371 g/mol. The third-order valence-electron chi connectivity index (χ3n) is 5.71. The van der Waals surface area contributed by atoms with Gasteiger partial charge in [-0.25, -0.2) is 4.90 Å². The molecule has 27 heavy (non-hydrogen) atoms. The fourth-order valence-corrected chi connectivity index (χ4v) is 4.47. The predicted molar refractivity (Wildman–Crippen MR) is 95.5 cm³/mol. The van der Waals surface area contributed by atoms with Crippen molar-refractivity contribution >= 4 is 23.3 Å². The van der Waals surface area contributed by atoms with Crippen molar-refractivity contribution < 1.29 is 29.0 Å². The molecule has 4 rings (SSSR count). The topological polar surface area (TPSA) is 93.1 Å². The number of aliphatic hydroxyl groups excluding tert-OH is 1. The van der Waals surface area contributed by atoms with E-state index in [1.54, 1.807) is 38.1 Å². The van der Waals surface area contributed by atoms with Crippen molar-refractivity contribution in [1.29, 1.82) is 0 Å². The van der Waals surface area contributed by atoms with Crippen LogP contribution in [0.25, 0.3) is 0 Å². The van der Waals surface area contributed by atoms with Crippen molar-refractivity contribution in [2.24, 2.45) is 11.8 Å². The van der Waals surface area contributed by atoms with Gasteiger partial charge in [-0.05, 0) is 39.0 Å². The summed E-state index contributed by atoms with van der Waals surface area (Å²) in [4.78, 5) is 39.4. The maximum atomic E-state index is 13.3. The van der Waals surface area contributed by atoms with Crippen molar-refractivity contribution in [1.82, 2.24) is 0 Å². The second-order valence-electron chi connectivity index (χ2n) is 7.37. The van der Waals surface area contributed by atoms with E-state index in [9.17, 15) is 19.5 Å². The van der Waals surface area contributed by atoms with Gasteiger partial charge >= 0.3 is 0 Å². The van der Waals surface area contributed by atoms with Crippen molar-refractivity contribution in [2.45, 2.75) is 32.0 Å². The number of imide groups is 1. The number of anilines is 1. The van der Waals surface area contributed by atoms with Crippen LogP contribution in [-0.2, 0) is 14.3 Å². The van der Waals surface area contributed by atoms with Crippen LogP contribution < -0.4 is 9.64 Å². The number of fused-ring (bicyclic) bond motifs is 5. The van der Waals surface area contributed by atoms with Crippen LogP contribution in [0.1, 0.15) is 31.1 Å². The Balaban J connectivity index is 1.83. The smallest absolute Gasteiger partial charge is 0.241 e. The quantitative estimate of drug-likeness (QED) is 0.479. The summed E-state index contributed by atoms with van der Waals surface area (Å²) in [6.45, 7) is 4.92. The molecule has 4 atom stereocenters. The molecule has 0 aromatic heterocycles. The van der Waals surface area contributed by atoms with E-state index < -0.39 is 34.9 Å². The zero-order valence-electron chi connectivity index (χ0n) is 15.4. The number of Topliss-reactive ketones (excluding diaryl/α,β-unsaturated/α-hetero) is 1. The second kappa shape index (κ2) is 5.74. The summed E-state index contributed by atoms with van der Waals surface area (Å²) in [5.74, 6) is -2.21. The number of nitrogens with zero attached hydrogens (tertiary/aromatic N) is 1. The van der Waals surface area contributed by atoms with Crippen LogP contribution in [-0.4, -0.2) is 47.1 Å². The Kier molecular flexibility index (Phi) is 3.80. The van der Waals surface area contributed by atoms with Gasteiger partial charge in [0.05, 0.1) is 36.3 Å². The van der Waals surface area contributed by atoms with E-state index in [1.807, 2.05) is 0 Å². The van der Waals surface area contributed by atoms with Gasteiger partial charge in [-0.2, -0.15) is 0 Å². The summed E-state index contributed by atoms with van der Waals surface area (Å²) in [6.07, 6.45) is 3.42. The van der Waals surface area contributed by atoms with Gasteiger partial charge < -0.3 is 14.6 Å². The highest BCUT2D eigenvalue weighted by atomic mass is 16.5. The molecule has 2 fully saturated rings. The molecule has 1 aromatic rings. The molecule has 2 amide bonds. The molecular weight excluding hydrogens is 350 g/mol. The van der Waals surface area contributed by atoms with Crippen LogP contribution in [0.15, 0.2) is 30.4 Å². The summed E-state index contributed by atoms with van der Waals surface area (Å²) in [6, 6.07) is 4.71. The average Bonchev–Trinajstić information content (AvgIpc) is 3.21. The molecule has 3 aliphatic heterocycles. The van der Waals surface area contributed by atoms with Crippen molar-refractivity contribution in [3.05, 3.63) is 35.9 Å². The fourth-order valence-electron chi connectivity index (χ4n) is 4.47. The van der Waals surface area contributed by atoms with Gasteiger partial charge in [0.2, 0.25) is 11.8 Å². The second-order valence-corrected chi connectivity index (χ2v) is 7.37. The number of aliphatic hydroxyl groups is 1. The average molecular weight is 371 g/mol. The molecule has 0 radical (unpaired) electrons. The molecule has 3 aliphatic rings. The Morgan fingerprint density at radius 2 is 1.96 bits per heavy atom. The Bertz CT molecular complexity index is 892. The zero-order valence-corrected chi connectivity index (χ0v) is 15.4.